The Hall–Kier alpha value is -2.77. The number of rotatable bonds is 7. The number of aromatic nitrogens is 2. The van der Waals surface area contributed by atoms with Crippen molar-refractivity contribution in [2.45, 2.75) is 39.8 Å². The van der Waals surface area contributed by atoms with E-state index >= 15 is 0 Å². The highest BCUT2D eigenvalue weighted by atomic mass is 32.1. The van der Waals surface area contributed by atoms with Crippen LogP contribution in [0.15, 0.2) is 58.3 Å². The molecule has 31 heavy (non-hydrogen) atoms. The average Bonchev–Trinajstić information content (AvgIpc) is 3.42. The van der Waals surface area contributed by atoms with E-state index in [0.29, 0.717) is 11.9 Å². The van der Waals surface area contributed by atoms with Crippen LogP contribution < -0.4 is 10.9 Å². The van der Waals surface area contributed by atoms with Gasteiger partial charge in [0.2, 0.25) is 5.91 Å². The number of nitrogens with zero attached hydrogens (tertiary/aromatic N) is 2. The second-order valence-electron chi connectivity index (χ2n) is 7.99. The van der Waals surface area contributed by atoms with Crippen molar-refractivity contribution < 1.29 is 4.79 Å². The van der Waals surface area contributed by atoms with Crippen molar-refractivity contribution in [3.63, 3.8) is 0 Å². The highest BCUT2D eigenvalue weighted by molar-refractivity contribution is 7.17. The Morgan fingerprint density at radius 3 is 2.61 bits per heavy atom. The molecule has 3 aromatic heterocycles. The molecule has 0 saturated heterocycles. The fourth-order valence-corrected chi connectivity index (χ4v) is 5.43. The maximum absolute atomic E-state index is 13.2. The van der Waals surface area contributed by atoms with Gasteiger partial charge in [-0.3, -0.25) is 14.2 Å². The van der Waals surface area contributed by atoms with Crippen LogP contribution in [0.25, 0.3) is 21.3 Å². The van der Waals surface area contributed by atoms with E-state index in [-0.39, 0.29) is 29.8 Å². The number of carbonyl (C=O) groups is 1. The first-order chi connectivity index (χ1) is 14.9. The molecule has 4 aromatic rings. The van der Waals surface area contributed by atoms with Crippen LogP contribution >= 0.6 is 22.7 Å². The molecule has 1 aromatic carbocycles. The van der Waals surface area contributed by atoms with Crippen LogP contribution in [-0.4, -0.2) is 15.5 Å². The van der Waals surface area contributed by atoms with Crippen LogP contribution in [0.5, 0.6) is 0 Å². The van der Waals surface area contributed by atoms with Gasteiger partial charge in [0.25, 0.3) is 5.56 Å². The van der Waals surface area contributed by atoms with Crippen molar-refractivity contribution in [3.05, 3.63) is 74.3 Å². The maximum atomic E-state index is 13.2. The topological polar surface area (TPSA) is 64.0 Å². The van der Waals surface area contributed by atoms with E-state index in [1.54, 1.807) is 22.2 Å². The van der Waals surface area contributed by atoms with Gasteiger partial charge in [-0.25, -0.2) is 4.98 Å². The lowest BCUT2D eigenvalue weighted by Gasteiger charge is -2.21. The van der Waals surface area contributed by atoms with E-state index in [9.17, 15) is 9.59 Å². The van der Waals surface area contributed by atoms with E-state index in [1.165, 1.54) is 16.9 Å². The minimum absolute atomic E-state index is 0.0187. The van der Waals surface area contributed by atoms with Crippen molar-refractivity contribution in [1.82, 2.24) is 14.9 Å². The van der Waals surface area contributed by atoms with Gasteiger partial charge in [0, 0.05) is 28.8 Å². The maximum Gasteiger partial charge on any atom is 0.262 e. The number of thiophene rings is 2. The van der Waals surface area contributed by atoms with Gasteiger partial charge in [-0.15, -0.1) is 22.7 Å². The van der Waals surface area contributed by atoms with Gasteiger partial charge in [0.05, 0.1) is 17.8 Å². The molecule has 3 heterocycles. The molecule has 0 bridgehead atoms. The zero-order chi connectivity index (χ0) is 22.0. The van der Waals surface area contributed by atoms with Crippen LogP contribution in [0.2, 0.25) is 0 Å². The first-order valence-corrected chi connectivity index (χ1v) is 12.1. The van der Waals surface area contributed by atoms with Gasteiger partial charge < -0.3 is 5.32 Å². The summed E-state index contributed by atoms with van der Waals surface area (Å²) in [6.07, 6.45) is 1.78. The number of nitrogens with one attached hydrogen (secondary N) is 1. The summed E-state index contributed by atoms with van der Waals surface area (Å²) in [5, 5.41) is 7.74. The number of hydrogen-bond acceptors (Lipinski definition) is 5. The molecule has 0 radical (unpaired) electrons. The zero-order valence-corrected chi connectivity index (χ0v) is 19.4. The Balaban J connectivity index is 1.53. The Bertz CT molecular complexity index is 1240. The summed E-state index contributed by atoms with van der Waals surface area (Å²) in [5.41, 5.74) is 2.97. The number of amides is 1. The highest BCUT2D eigenvalue weighted by Crippen LogP contribution is 2.30. The van der Waals surface area contributed by atoms with Gasteiger partial charge in [0.1, 0.15) is 4.83 Å². The predicted molar refractivity (Wildman–Crippen MR) is 129 cm³/mol. The molecular weight excluding hydrogens is 426 g/mol. The summed E-state index contributed by atoms with van der Waals surface area (Å²) < 4.78 is 1.54. The molecule has 0 spiro atoms. The third-order valence-corrected chi connectivity index (χ3v) is 7.18. The summed E-state index contributed by atoms with van der Waals surface area (Å²) >= 11 is 3.11. The predicted octanol–water partition coefficient (Wildman–Crippen LogP) is 5.40. The lowest BCUT2D eigenvalue weighted by molar-refractivity contribution is -0.122. The Kier molecular flexibility index (Phi) is 6.34. The standard InChI is InChI=1S/C24H25N3O2S2/c1-15(2)22(19-5-4-12-30-19)26-20(28)10-11-27-14-25-23-21(24(27)29)18(13-31-23)17-8-6-16(3)7-9-17/h4-9,12-15,22H,10-11H2,1-3H3,(H,26,28). The minimum Gasteiger partial charge on any atom is -0.348 e. The normalized spacial score (nSPS) is 12.4. The second kappa shape index (κ2) is 9.16. The van der Waals surface area contributed by atoms with Gasteiger partial charge >= 0.3 is 0 Å². The fourth-order valence-electron chi connectivity index (χ4n) is 3.57. The second-order valence-corrected chi connectivity index (χ2v) is 9.83. The third-order valence-electron chi connectivity index (χ3n) is 5.34. The molecule has 1 unspecified atom stereocenters. The molecule has 0 saturated carbocycles. The molecule has 4 rings (SSSR count). The van der Waals surface area contributed by atoms with Gasteiger partial charge in [0.15, 0.2) is 0 Å². The van der Waals surface area contributed by atoms with Crippen molar-refractivity contribution in [2.24, 2.45) is 5.92 Å². The van der Waals surface area contributed by atoms with Gasteiger partial charge in [-0.2, -0.15) is 0 Å². The van der Waals surface area contributed by atoms with E-state index < -0.39 is 0 Å². The number of hydrogen-bond donors (Lipinski definition) is 1. The average molecular weight is 452 g/mol. The Morgan fingerprint density at radius 2 is 1.94 bits per heavy atom. The molecule has 0 aliphatic heterocycles. The molecule has 1 N–H and O–H groups in total. The van der Waals surface area contributed by atoms with E-state index in [1.807, 2.05) is 54.1 Å². The first-order valence-electron chi connectivity index (χ1n) is 10.3. The van der Waals surface area contributed by atoms with Crippen molar-refractivity contribution in [2.75, 3.05) is 0 Å². The van der Waals surface area contributed by atoms with Crippen LogP contribution in [-0.2, 0) is 11.3 Å². The molecule has 7 heteroatoms. The number of aryl methyl sites for hydroxylation is 2. The van der Waals surface area contributed by atoms with Crippen molar-refractivity contribution in [3.8, 4) is 11.1 Å². The van der Waals surface area contributed by atoms with E-state index in [4.69, 9.17) is 0 Å². The van der Waals surface area contributed by atoms with Crippen LogP contribution in [0.4, 0.5) is 0 Å². The smallest absolute Gasteiger partial charge is 0.262 e. The van der Waals surface area contributed by atoms with Gasteiger partial charge in [-0.05, 0) is 29.9 Å². The zero-order valence-electron chi connectivity index (χ0n) is 17.8. The summed E-state index contributed by atoms with van der Waals surface area (Å²) in [4.78, 5) is 32.1. The highest BCUT2D eigenvalue weighted by Gasteiger charge is 2.19. The molecule has 1 atom stereocenters. The summed E-state index contributed by atoms with van der Waals surface area (Å²) in [6.45, 7) is 6.52. The largest absolute Gasteiger partial charge is 0.348 e. The Labute approximate surface area is 189 Å². The van der Waals surface area contributed by atoms with Crippen LogP contribution in [0.1, 0.15) is 36.8 Å². The number of benzene rings is 1. The third kappa shape index (κ3) is 4.62. The van der Waals surface area contributed by atoms with Crippen molar-refractivity contribution >= 4 is 38.8 Å². The van der Waals surface area contributed by atoms with Gasteiger partial charge in [-0.1, -0.05) is 49.7 Å². The summed E-state index contributed by atoms with van der Waals surface area (Å²) in [7, 11) is 0. The summed E-state index contributed by atoms with van der Waals surface area (Å²) in [6, 6.07) is 12.1. The first kappa shape index (κ1) is 21.5. The lowest BCUT2D eigenvalue weighted by Crippen LogP contribution is -2.32. The molecular formula is C24H25N3O2S2. The van der Waals surface area contributed by atoms with E-state index in [0.717, 1.165) is 20.8 Å². The molecule has 0 fully saturated rings. The van der Waals surface area contributed by atoms with Crippen LogP contribution in [0, 0.1) is 12.8 Å². The quantitative estimate of drug-likeness (QED) is 0.409. The SMILES string of the molecule is Cc1ccc(-c2csc3ncn(CCC(=O)NC(c4cccs4)C(C)C)c(=O)c23)cc1. The number of carbonyl (C=O) groups excluding carboxylic acids is 1. The minimum atomic E-state index is -0.103. The molecule has 0 aliphatic rings. The monoisotopic (exact) mass is 451 g/mol. The summed E-state index contributed by atoms with van der Waals surface area (Å²) in [5.74, 6) is 0.217. The molecule has 0 aliphatic carbocycles. The van der Waals surface area contributed by atoms with Crippen LogP contribution in [0.3, 0.4) is 0 Å². The fraction of sp³-hybridized carbons (Fsp3) is 0.292. The molecule has 160 valence electrons. The molecule has 1 amide bonds. The number of fused-ring (bicyclic) bond motifs is 1. The van der Waals surface area contributed by atoms with E-state index in [2.05, 4.69) is 24.1 Å². The lowest BCUT2D eigenvalue weighted by atomic mass is 10.0. The molecule has 5 nitrogen and oxygen atoms in total. The Morgan fingerprint density at radius 1 is 1.16 bits per heavy atom. The van der Waals surface area contributed by atoms with Crippen molar-refractivity contribution in [1.29, 1.82) is 0 Å².